The minimum atomic E-state index is -0.482. The van der Waals surface area contributed by atoms with Gasteiger partial charge in [0, 0.05) is 36.0 Å². The molecular weight excluding hydrogens is 514 g/mol. The van der Waals surface area contributed by atoms with E-state index < -0.39 is 5.60 Å². The van der Waals surface area contributed by atoms with Crippen molar-refractivity contribution in [2.24, 2.45) is 11.8 Å². The van der Waals surface area contributed by atoms with E-state index in [1.807, 2.05) is 49.7 Å². The molecule has 1 saturated heterocycles. The molecule has 1 fully saturated rings. The molecule has 0 spiro atoms. The zero-order chi connectivity index (χ0) is 29.9. The van der Waals surface area contributed by atoms with Gasteiger partial charge in [0.2, 0.25) is 0 Å². The Bertz CT molecular complexity index is 1320. The number of hydrogen-bond donors (Lipinski definition) is 2. The topological polar surface area (TPSA) is 88.5 Å². The van der Waals surface area contributed by atoms with E-state index in [4.69, 9.17) is 9.84 Å². The average molecular weight is 562 g/mol. The Morgan fingerprint density at radius 2 is 1.73 bits per heavy atom. The number of nitrogens with zero attached hydrogens (tertiary/aromatic N) is 3. The zero-order valence-electron chi connectivity index (χ0n) is 26.0. The third kappa shape index (κ3) is 8.24. The number of benzene rings is 1. The summed E-state index contributed by atoms with van der Waals surface area (Å²) in [6, 6.07) is 9.69. The molecule has 1 atom stereocenters. The lowest BCUT2D eigenvalue weighted by Crippen LogP contribution is -2.42. The van der Waals surface area contributed by atoms with Crippen LogP contribution in [0.1, 0.15) is 85.9 Å². The third-order valence-electron chi connectivity index (χ3n) is 7.80. The third-order valence-corrected chi connectivity index (χ3v) is 7.80. The summed E-state index contributed by atoms with van der Waals surface area (Å²) in [7, 11) is 0. The SMILES string of the molecule is CC1=CC=C(n2nc(C(C)(C)C)cc2NC(=O)Nc2cccc(CC3CCN(C(=O)OC(C)(C)C)CC3)c2)CC1C. The monoisotopic (exact) mass is 561 g/mol. The molecule has 0 saturated carbocycles. The number of anilines is 2. The Morgan fingerprint density at radius 1 is 1.02 bits per heavy atom. The van der Waals surface area contributed by atoms with Gasteiger partial charge in [-0.05, 0) is 89.0 Å². The number of rotatable bonds is 5. The highest BCUT2D eigenvalue weighted by Crippen LogP contribution is 2.32. The number of ether oxygens (including phenoxy) is 1. The summed E-state index contributed by atoms with van der Waals surface area (Å²) in [5, 5.41) is 10.9. The molecule has 41 heavy (non-hydrogen) atoms. The van der Waals surface area contributed by atoms with Crippen molar-refractivity contribution in [1.29, 1.82) is 0 Å². The fourth-order valence-corrected chi connectivity index (χ4v) is 5.18. The van der Waals surface area contributed by atoms with Crippen LogP contribution in [0.2, 0.25) is 0 Å². The molecule has 2 N–H and O–H groups in total. The van der Waals surface area contributed by atoms with Gasteiger partial charge in [0.05, 0.1) is 5.69 Å². The molecule has 0 bridgehead atoms. The standard InChI is InChI=1S/C33H47N5O3/c1-22-12-13-27(18-23(22)2)38-29(21-28(36-38)32(3,4)5)35-30(39)34-26-11-9-10-25(20-26)19-24-14-16-37(17-15-24)31(40)41-33(6,7)8/h9-13,20-21,23-24H,14-19H2,1-8H3,(H2,34,35,39). The van der Waals surface area contributed by atoms with Crippen molar-refractivity contribution in [3.63, 3.8) is 0 Å². The summed E-state index contributed by atoms with van der Waals surface area (Å²) in [5.74, 6) is 1.56. The highest BCUT2D eigenvalue weighted by Gasteiger charge is 2.27. The van der Waals surface area contributed by atoms with Gasteiger partial charge >= 0.3 is 12.1 Å². The van der Waals surface area contributed by atoms with E-state index in [0.29, 0.717) is 30.7 Å². The Kier molecular flexibility index (Phi) is 9.00. The first-order valence-electron chi connectivity index (χ1n) is 14.8. The number of amides is 3. The van der Waals surface area contributed by atoms with Crippen molar-refractivity contribution < 1.29 is 14.3 Å². The lowest BCUT2D eigenvalue weighted by Gasteiger charge is -2.33. The van der Waals surface area contributed by atoms with Crippen molar-refractivity contribution in [2.45, 2.75) is 92.1 Å². The van der Waals surface area contributed by atoms with Gasteiger partial charge in [-0.2, -0.15) is 5.10 Å². The molecule has 3 amide bonds. The van der Waals surface area contributed by atoms with Crippen LogP contribution in [0.5, 0.6) is 0 Å². The van der Waals surface area contributed by atoms with E-state index in [1.165, 1.54) is 11.1 Å². The first kappa shape index (κ1) is 30.4. The van der Waals surface area contributed by atoms with Crippen molar-refractivity contribution in [1.82, 2.24) is 14.7 Å². The molecule has 1 aromatic heterocycles. The molecule has 8 heteroatoms. The number of piperidine rings is 1. The van der Waals surface area contributed by atoms with Gasteiger partial charge in [0.15, 0.2) is 0 Å². The number of carbonyl (C=O) groups excluding carboxylic acids is 2. The van der Waals surface area contributed by atoms with Crippen LogP contribution in [0.3, 0.4) is 0 Å². The molecule has 1 aliphatic heterocycles. The fourth-order valence-electron chi connectivity index (χ4n) is 5.18. The van der Waals surface area contributed by atoms with Gasteiger partial charge in [0.1, 0.15) is 11.4 Å². The van der Waals surface area contributed by atoms with Crippen molar-refractivity contribution in [3.8, 4) is 0 Å². The number of urea groups is 1. The maximum absolute atomic E-state index is 13.1. The molecule has 1 unspecified atom stereocenters. The van der Waals surface area contributed by atoms with Crippen LogP contribution in [0, 0.1) is 11.8 Å². The highest BCUT2D eigenvalue weighted by atomic mass is 16.6. The number of nitrogens with one attached hydrogen (secondary N) is 2. The molecule has 0 radical (unpaired) electrons. The number of hydrogen-bond acceptors (Lipinski definition) is 4. The summed E-state index contributed by atoms with van der Waals surface area (Å²) >= 11 is 0. The van der Waals surface area contributed by atoms with E-state index in [1.54, 1.807) is 4.90 Å². The summed E-state index contributed by atoms with van der Waals surface area (Å²) in [6.45, 7) is 17.8. The molecular formula is C33H47N5O3. The second-order valence-electron chi connectivity index (χ2n) is 13.6. The number of likely N-dealkylation sites (tertiary alicyclic amines) is 1. The summed E-state index contributed by atoms with van der Waals surface area (Å²) in [5.41, 5.74) is 4.62. The molecule has 4 rings (SSSR count). The maximum Gasteiger partial charge on any atom is 0.410 e. The Labute approximate surface area is 245 Å². The van der Waals surface area contributed by atoms with Gasteiger partial charge < -0.3 is 15.0 Å². The molecule has 8 nitrogen and oxygen atoms in total. The number of carbonyl (C=O) groups is 2. The minimum absolute atomic E-state index is 0.151. The Balaban J connectivity index is 1.38. The lowest BCUT2D eigenvalue weighted by molar-refractivity contribution is 0.0184. The van der Waals surface area contributed by atoms with E-state index in [0.717, 1.165) is 42.8 Å². The molecule has 1 aliphatic carbocycles. The van der Waals surface area contributed by atoms with Crippen molar-refractivity contribution in [3.05, 3.63) is 59.3 Å². The van der Waals surface area contributed by atoms with Gasteiger partial charge in [-0.1, -0.05) is 51.5 Å². The van der Waals surface area contributed by atoms with Crippen LogP contribution in [0.15, 0.2) is 48.1 Å². The normalized spacial score (nSPS) is 18.4. The van der Waals surface area contributed by atoms with Crippen molar-refractivity contribution in [2.75, 3.05) is 23.7 Å². The lowest BCUT2D eigenvalue weighted by atomic mass is 9.90. The van der Waals surface area contributed by atoms with Crippen LogP contribution in [0.25, 0.3) is 5.70 Å². The quantitative estimate of drug-likeness (QED) is 0.389. The second-order valence-corrected chi connectivity index (χ2v) is 13.6. The van der Waals surface area contributed by atoms with E-state index in [2.05, 4.69) is 63.5 Å². The largest absolute Gasteiger partial charge is 0.444 e. The van der Waals surface area contributed by atoms with Crippen LogP contribution < -0.4 is 10.6 Å². The van der Waals surface area contributed by atoms with Gasteiger partial charge in [-0.3, -0.25) is 5.32 Å². The molecule has 2 aliphatic rings. The predicted octanol–water partition coefficient (Wildman–Crippen LogP) is 7.84. The van der Waals surface area contributed by atoms with E-state index >= 15 is 0 Å². The van der Waals surface area contributed by atoms with Gasteiger partial charge in [0.25, 0.3) is 0 Å². The smallest absolute Gasteiger partial charge is 0.410 e. The number of aromatic nitrogens is 2. The summed E-state index contributed by atoms with van der Waals surface area (Å²) in [6.07, 6.45) is 7.63. The van der Waals surface area contributed by atoms with Crippen LogP contribution in [-0.4, -0.2) is 45.5 Å². The minimum Gasteiger partial charge on any atom is -0.444 e. The number of allylic oxidation sites excluding steroid dienone is 4. The Morgan fingerprint density at radius 3 is 2.37 bits per heavy atom. The highest BCUT2D eigenvalue weighted by molar-refractivity contribution is 5.99. The first-order valence-corrected chi connectivity index (χ1v) is 14.8. The fraction of sp³-hybridized carbons (Fsp3) is 0.545. The maximum atomic E-state index is 13.1. The molecule has 222 valence electrons. The second kappa shape index (κ2) is 12.1. The summed E-state index contributed by atoms with van der Waals surface area (Å²) in [4.78, 5) is 27.3. The Hall–Kier alpha value is -3.55. The zero-order valence-corrected chi connectivity index (χ0v) is 26.0. The molecule has 2 heterocycles. The first-order chi connectivity index (χ1) is 19.2. The van der Waals surface area contributed by atoms with E-state index in [-0.39, 0.29) is 17.5 Å². The van der Waals surface area contributed by atoms with Crippen molar-refractivity contribution >= 4 is 29.3 Å². The van der Waals surface area contributed by atoms with Crippen LogP contribution >= 0.6 is 0 Å². The van der Waals surface area contributed by atoms with Gasteiger partial charge in [-0.25, -0.2) is 14.3 Å². The molecule has 1 aromatic carbocycles. The molecule has 2 aromatic rings. The summed E-state index contributed by atoms with van der Waals surface area (Å²) < 4.78 is 7.40. The van der Waals surface area contributed by atoms with Gasteiger partial charge in [-0.15, -0.1) is 0 Å². The van der Waals surface area contributed by atoms with E-state index in [9.17, 15) is 9.59 Å². The van der Waals surface area contributed by atoms with Crippen LogP contribution in [-0.2, 0) is 16.6 Å². The predicted molar refractivity (Wildman–Crippen MR) is 166 cm³/mol. The average Bonchev–Trinajstić information content (AvgIpc) is 3.29. The van der Waals surface area contributed by atoms with Crippen LogP contribution in [0.4, 0.5) is 21.1 Å².